The fourth-order valence-corrected chi connectivity index (χ4v) is 6.59. The molecule has 2 aliphatic carbocycles. The summed E-state index contributed by atoms with van der Waals surface area (Å²) in [5.74, 6) is -0.175. The van der Waals surface area contributed by atoms with Gasteiger partial charge in [-0.2, -0.15) is 0 Å². The minimum absolute atomic E-state index is 0.00383. The van der Waals surface area contributed by atoms with Gasteiger partial charge >= 0.3 is 5.97 Å². The van der Waals surface area contributed by atoms with Crippen LogP contribution in [0.25, 0.3) is 0 Å². The summed E-state index contributed by atoms with van der Waals surface area (Å²) in [5.41, 5.74) is -1.12. The normalized spacial score (nSPS) is 56.4. The van der Waals surface area contributed by atoms with E-state index in [1.807, 2.05) is 33.8 Å². The third-order valence-corrected chi connectivity index (χ3v) is 8.56. The molecule has 166 valence electrons. The highest BCUT2D eigenvalue weighted by Gasteiger charge is 2.84. The van der Waals surface area contributed by atoms with Gasteiger partial charge in [0.2, 0.25) is 0 Å². The van der Waals surface area contributed by atoms with Gasteiger partial charge in [-0.25, -0.2) is 4.79 Å². The number of fused-ring (bicyclic) bond motifs is 3. The number of hydrogen-bond donors (Lipinski definition) is 0. The van der Waals surface area contributed by atoms with E-state index in [1.165, 1.54) is 0 Å². The Morgan fingerprint density at radius 3 is 2.57 bits per heavy atom. The van der Waals surface area contributed by atoms with Gasteiger partial charge in [-0.1, -0.05) is 24.6 Å². The van der Waals surface area contributed by atoms with Crippen LogP contribution in [-0.4, -0.2) is 60.4 Å². The lowest BCUT2D eigenvalue weighted by molar-refractivity contribution is -0.159. The standard InChI is InChI=1S/C24H34O6/c1-7-26-16-10-9-14(3)11-19-24(23(6,30-24)20(25)28-19)13-15-21(16,4)17(27-8-2)12-18-22(15,5)29-18/h9-11,15-19H,7-8,12-13H2,1-6H3/b10-9+,14-11-/t15-,16+,17+,18-,19+,21+,22+,23+,24-/m1/s1. The Hall–Kier alpha value is -1.21. The van der Waals surface area contributed by atoms with Crippen molar-refractivity contribution in [2.45, 2.75) is 95.6 Å². The zero-order valence-corrected chi connectivity index (χ0v) is 18.9. The molecule has 1 spiro atoms. The summed E-state index contributed by atoms with van der Waals surface area (Å²) in [7, 11) is 0. The molecule has 0 unspecified atom stereocenters. The Labute approximate surface area is 178 Å². The van der Waals surface area contributed by atoms with E-state index in [9.17, 15) is 4.79 Å². The molecule has 0 radical (unpaired) electrons. The van der Waals surface area contributed by atoms with Crippen LogP contribution < -0.4 is 0 Å². The first-order valence-electron chi connectivity index (χ1n) is 11.3. The second kappa shape index (κ2) is 6.41. The Morgan fingerprint density at radius 2 is 1.90 bits per heavy atom. The number of hydrogen-bond acceptors (Lipinski definition) is 6. The van der Waals surface area contributed by atoms with Crippen LogP contribution in [0, 0.1) is 11.3 Å². The summed E-state index contributed by atoms with van der Waals surface area (Å²) in [6.45, 7) is 13.7. The molecule has 3 saturated heterocycles. The van der Waals surface area contributed by atoms with Crippen molar-refractivity contribution in [2.75, 3.05) is 13.2 Å². The first kappa shape index (κ1) is 20.7. The summed E-state index contributed by atoms with van der Waals surface area (Å²) >= 11 is 0. The topological polar surface area (TPSA) is 69.8 Å². The Morgan fingerprint density at radius 1 is 1.17 bits per heavy atom. The molecule has 6 heteroatoms. The van der Waals surface area contributed by atoms with Gasteiger partial charge in [-0.15, -0.1) is 0 Å². The number of carbonyl (C=O) groups is 1. The predicted molar refractivity (Wildman–Crippen MR) is 110 cm³/mol. The molecule has 5 aliphatic rings. The lowest BCUT2D eigenvalue weighted by atomic mass is 9.55. The minimum atomic E-state index is -0.890. The molecule has 0 aromatic rings. The summed E-state index contributed by atoms with van der Waals surface area (Å²) in [6.07, 6.45) is 7.43. The van der Waals surface area contributed by atoms with Crippen LogP contribution >= 0.6 is 0 Å². The number of epoxide rings is 2. The van der Waals surface area contributed by atoms with Crippen LogP contribution in [0.3, 0.4) is 0 Å². The van der Waals surface area contributed by atoms with E-state index in [1.54, 1.807) is 0 Å². The molecule has 30 heavy (non-hydrogen) atoms. The largest absolute Gasteiger partial charge is 0.453 e. The van der Waals surface area contributed by atoms with Gasteiger partial charge in [0.15, 0.2) is 17.3 Å². The van der Waals surface area contributed by atoms with E-state index in [4.69, 9.17) is 23.7 Å². The van der Waals surface area contributed by atoms with Gasteiger partial charge in [0, 0.05) is 31.0 Å². The third kappa shape index (κ3) is 2.48. The second-order valence-electron chi connectivity index (χ2n) is 10.1. The maximum Gasteiger partial charge on any atom is 0.342 e. The fraction of sp³-hybridized carbons (Fsp3) is 0.792. The van der Waals surface area contributed by atoms with Crippen LogP contribution in [0.2, 0.25) is 0 Å². The summed E-state index contributed by atoms with van der Waals surface area (Å²) < 4.78 is 31.0. The molecule has 5 rings (SSSR count). The molecule has 9 atom stereocenters. The highest BCUT2D eigenvalue weighted by Crippen LogP contribution is 2.68. The molecule has 0 amide bonds. The zero-order valence-electron chi connectivity index (χ0n) is 18.9. The molecule has 4 fully saturated rings. The first-order valence-corrected chi connectivity index (χ1v) is 11.3. The van der Waals surface area contributed by atoms with Crippen LogP contribution in [-0.2, 0) is 28.5 Å². The van der Waals surface area contributed by atoms with Gasteiger partial charge in [-0.3, -0.25) is 0 Å². The summed E-state index contributed by atoms with van der Waals surface area (Å²) in [5, 5.41) is 0. The molecular weight excluding hydrogens is 384 g/mol. The van der Waals surface area contributed by atoms with Crippen molar-refractivity contribution >= 4 is 5.97 Å². The van der Waals surface area contributed by atoms with Crippen molar-refractivity contribution in [1.29, 1.82) is 0 Å². The number of rotatable bonds is 4. The van der Waals surface area contributed by atoms with Crippen molar-refractivity contribution in [3.05, 3.63) is 23.8 Å². The zero-order chi connectivity index (χ0) is 21.5. The maximum absolute atomic E-state index is 12.7. The van der Waals surface area contributed by atoms with E-state index in [0.29, 0.717) is 19.6 Å². The predicted octanol–water partition coefficient (Wildman–Crippen LogP) is 3.34. The number of ether oxygens (including phenoxy) is 5. The van der Waals surface area contributed by atoms with Gasteiger partial charge in [0.05, 0.1) is 23.9 Å². The van der Waals surface area contributed by atoms with Crippen molar-refractivity contribution < 1.29 is 28.5 Å². The summed E-state index contributed by atoms with van der Waals surface area (Å²) in [6, 6.07) is 0. The molecule has 0 bridgehead atoms. The van der Waals surface area contributed by atoms with E-state index in [2.05, 4.69) is 26.0 Å². The molecule has 1 saturated carbocycles. The van der Waals surface area contributed by atoms with Crippen LogP contribution in [0.1, 0.15) is 54.4 Å². The fourth-order valence-electron chi connectivity index (χ4n) is 6.59. The number of allylic oxidation sites excluding steroid dienone is 2. The van der Waals surface area contributed by atoms with Gasteiger partial charge in [-0.05, 0) is 47.1 Å². The van der Waals surface area contributed by atoms with Gasteiger partial charge in [0.25, 0.3) is 0 Å². The highest BCUT2D eigenvalue weighted by molar-refractivity contribution is 5.88. The average Bonchev–Trinajstić information content (AvgIpc) is 3.52. The highest BCUT2D eigenvalue weighted by atomic mass is 16.7. The van der Waals surface area contributed by atoms with Crippen molar-refractivity contribution in [3.63, 3.8) is 0 Å². The van der Waals surface area contributed by atoms with Crippen LogP contribution in [0.15, 0.2) is 23.8 Å². The molecular formula is C24H34O6. The van der Waals surface area contributed by atoms with E-state index >= 15 is 0 Å². The molecule has 6 nitrogen and oxygen atoms in total. The van der Waals surface area contributed by atoms with Crippen molar-refractivity contribution in [2.24, 2.45) is 11.3 Å². The molecule has 3 heterocycles. The second-order valence-corrected chi connectivity index (χ2v) is 10.1. The van der Waals surface area contributed by atoms with Crippen molar-refractivity contribution in [1.82, 2.24) is 0 Å². The molecule has 3 aliphatic heterocycles. The van der Waals surface area contributed by atoms with Crippen LogP contribution in [0.5, 0.6) is 0 Å². The lowest BCUT2D eigenvalue weighted by Gasteiger charge is -2.52. The first-order chi connectivity index (χ1) is 14.2. The molecule has 0 aromatic heterocycles. The van der Waals surface area contributed by atoms with E-state index in [0.717, 1.165) is 12.0 Å². The van der Waals surface area contributed by atoms with Gasteiger partial charge in [0.1, 0.15) is 0 Å². The third-order valence-electron chi connectivity index (χ3n) is 8.56. The summed E-state index contributed by atoms with van der Waals surface area (Å²) in [4.78, 5) is 12.7. The Balaban J connectivity index is 1.66. The number of esters is 1. The SMILES string of the molecule is CCO[C@H]1/C=C/C(C)=C\[C@@H]2OC(=O)[C@]3(C)O[C@]23C[C@H]2[C@]3(C)O[C@@H]3C[C@H](OCC)[C@]12C. The van der Waals surface area contributed by atoms with Crippen LogP contribution in [0.4, 0.5) is 0 Å². The van der Waals surface area contributed by atoms with E-state index < -0.39 is 11.2 Å². The van der Waals surface area contributed by atoms with Gasteiger partial charge < -0.3 is 23.7 Å². The monoisotopic (exact) mass is 418 g/mol. The Kier molecular flexibility index (Phi) is 4.42. The average molecular weight is 419 g/mol. The van der Waals surface area contributed by atoms with Crippen molar-refractivity contribution in [3.8, 4) is 0 Å². The molecule has 0 aromatic carbocycles. The maximum atomic E-state index is 12.7. The number of carbonyl (C=O) groups excluding carboxylic acids is 1. The molecule has 0 N–H and O–H groups in total. The Bertz CT molecular complexity index is 821. The lowest BCUT2D eigenvalue weighted by Crippen LogP contribution is -2.59. The van der Waals surface area contributed by atoms with E-state index in [-0.39, 0.29) is 47.3 Å². The quantitative estimate of drug-likeness (QED) is 0.515. The minimum Gasteiger partial charge on any atom is -0.453 e. The smallest absolute Gasteiger partial charge is 0.342 e.